The minimum atomic E-state index is 0.182. The lowest BCUT2D eigenvalue weighted by atomic mass is 10.0. The number of amides is 1. The number of rotatable bonds is 5. The van der Waals surface area contributed by atoms with Gasteiger partial charge in [0.15, 0.2) is 0 Å². The summed E-state index contributed by atoms with van der Waals surface area (Å²) in [6.07, 6.45) is 9.43. The zero-order valence-electron chi connectivity index (χ0n) is 16.2. The van der Waals surface area contributed by atoms with Gasteiger partial charge in [0, 0.05) is 36.7 Å². The third-order valence-corrected chi connectivity index (χ3v) is 5.60. The minimum absolute atomic E-state index is 0.182. The highest BCUT2D eigenvalue weighted by atomic mass is 16.2. The van der Waals surface area contributed by atoms with Crippen molar-refractivity contribution in [3.63, 3.8) is 0 Å². The molecule has 1 fully saturated rings. The van der Waals surface area contributed by atoms with Crippen molar-refractivity contribution < 1.29 is 4.79 Å². The lowest BCUT2D eigenvalue weighted by molar-refractivity contribution is -0.133. The smallest absolute Gasteiger partial charge is 0.223 e. The normalized spacial score (nSPS) is 17.3. The summed E-state index contributed by atoms with van der Waals surface area (Å²) in [4.78, 5) is 22.8. The molecule has 1 aliphatic rings. The topological polar surface area (TPSA) is 49.0 Å². The van der Waals surface area contributed by atoms with Gasteiger partial charge in [0.25, 0.3) is 0 Å². The maximum absolute atomic E-state index is 13.1. The fraction of sp³-hybridized carbons (Fsp3) is 0.333. The van der Waals surface area contributed by atoms with Gasteiger partial charge in [0.05, 0.1) is 6.04 Å². The summed E-state index contributed by atoms with van der Waals surface area (Å²) in [5.41, 5.74) is 4.59. The van der Waals surface area contributed by atoms with E-state index < -0.39 is 0 Å². The molecule has 1 aliphatic heterocycles. The highest BCUT2D eigenvalue weighted by Crippen LogP contribution is 2.30. The monoisotopic (exact) mass is 373 g/mol. The van der Waals surface area contributed by atoms with Crippen molar-refractivity contribution in [2.24, 2.45) is 0 Å². The number of pyridine rings is 1. The number of aryl methyl sites for hydroxylation is 1. The minimum Gasteiger partial charge on any atom is -0.358 e. The van der Waals surface area contributed by atoms with Crippen molar-refractivity contribution in [2.45, 2.75) is 44.6 Å². The highest BCUT2D eigenvalue weighted by Gasteiger charge is 2.26. The number of hydrogen-bond donors (Lipinski definition) is 1. The van der Waals surface area contributed by atoms with Crippen LogP contribution in [0.4, 0.5) is 0 Å². The molecular formula is C24H27N3O. The number of carbonyl (C=O) groups is 1. The van der Waals surface area contributed by atoms with Gasteiger partial charge in [-0.1, -0.05) is 43.2 Å². The summed E-state index contributed by atoms with van der Waals surface area (Å²) in [6.45, 7) is 0.853. The van der Waals surface area contributed by atoms with E-state index in [0.29, 0.717) is 6.42 Å². The van der Waals surface area contributed by atoms with E-state index in [-0.39, 0.29) is 11.9 Å². The predicted octanol–water partition coefficient (Wildman–Crippen LogP) is 5.15. The van der Waals surface area contributed by atoms with Crippen LogP contribution in [0.1, 0.15) is 49.4 Å². The summed E-state index contributed by atoms with van der Waals surface area (Å²) in [7, 11) is 0. The zero-order valence-corrected chi connectivity index (χ0v) is 16.2. The first kappa shape index (κ1) is 18.5. The van der Waals surface area contributed by atoms with Gasteiger partial charge in [-0.25, -0.2) is 0 Å². The van der Waals surface area contributed by atoms with Gasteiger partial charge in [0.1, 0.15) is 0 Å². The molecule has 0 aliphatic carbocycles. The number of aromatic amines is 1. The van der Waals surface area contributed by atoms with E-state index in [1.54, 1.807) is 0 Å². The summed E-state index contributed by atoms with van der Waals surface area (Å²) >= 11 is 0. The fourth-order valence-electron chi connectivity index (χ4n) is 4.10. The van der Waals surface area contributed by atoms with Crippen LogP contribution >= 0.6 is 0 Å². The van der Waals surface area contributed by atoms with Gasteiger partial charge >= 0.3 is 0 Å². The molecule has 4 heteroatoms. The van der Waals surface area contributed by atoms with E-state index in [1.807, 2.05) is 42.7 Å². The number of nitrogens with zero attached hydrogens (tertiary/aromatic N) is 2. The Morgan fingerprint density at radius 1 is 1.00 bits per heavy atom. The SMILES string of the molecule is O=C(CCc1ccc(-c2ccccc2)[nH]1)N1CCCCCC1c1ccncc1. The Balaban J connectivity index is 1.43. The summed E-state index contributed by atoms with van der Waals surface area (Å²) in [5, 5.41) is 0. The van der Waals surface area contributed by atoms with Crippen LogP contribution in [0.3, 0.4) is 0 Å². The van der Waals surface area contributed by atoms with Gasteiger partial charge in [-0.15, -0.1) is 0 Å². The third-order valence-electron chi connectivity index (χ3n) is 5.60. The number of nitrogens with one attached hydrogen (secondary N) is 1. The molecule has 2 aromatic heterocycles. The molecule has 1 aromatic carbocycles. The summed E-state index contributed by atoms with van der Waals surface area (Å²) in [6, 6.07) is 18.8. The van der Waals surface area contributed by atoms with Gasteiger partial charge in [-0.2, -0.15) is 0 Å². The maximum Gasteiger partial charge on any atom is 0.223 e. The zero-order chi connectivity index (χ0) is 19.2. The quantitative estimate of drug-likeness (QED) is 0.672. The molecule has 3 heterocycles. The highest BCUT2D eigenvalue weighted by molar-refractivity contribution is 5.77. The molecule has 0 bridgehead atoms. The first-order valence-electron chi connectivity index (χ1n) is 10.2. The Kier molecular flexibility index (Phi) is 5.86. The number of likely N-dealkylation sites (tertiary alicyclic amines) is 1. The molecule has 1 saturated heterocycles. The van der Waals surface area contributed by atoms with E-state index in [1.165, 1.54) is 24.0 Å². The second kappa shape index (κ2) is 8.87. The fourth-order valence-corrected chi connectivity index (χ4v) is 4.10. The average molecular weight is 374 g/mol. The number of carbonyl (C=O) groups excluding carboxylic acids is 1. The first-order valence-corrected chi connectivity index (χ1v) is 10.2. The summed E-state index contributed by atoms with van der Waals surface area (Å²) < 4.78 is 0. The first-order chi connectivity index (χ1) is 13.8. The lowest BCUT2D eigenvalue weighted by Crippen LogP contribution is -2.35. The molecule has 3 aromatic rings. The van der Waals surface area contributed by atoms with E-state index in [9.17, 15) is 4.79 Å². The van der Waals surface area contributed by atoms with Crippen molar-refractivity contribution in [1.82, 2.24) is 14.9 Å². The standard InChI is InChI=1S/C24H27N3O/c28-24(13-11-21-10-12-22(26-21)19-7-3-1-4-8-19)27-18-6-2-5-9-23(27)20-14-16-25-17-15-20/h1,3-4,7-8,10,12,14-17,23,26H,2,5-6,9,11,13,18H2. The molecule has 4 rings (SSSR count). The molecule has 1 N–H and O–H groups in total. The molecule has 28 heavy (non-hydrogen) atoms. The van der Waals surface area contributed by atoms with Crippen LogP contribution in [0.15, 0.2) is 67.0 Å². The molecule has 1 atom stereocenters. The lowest BCUT2D eigenvalue weighted by Gasteiger charge is -2.30. The second-order valence-electron chi connectivity index (χ2n) is 7.50. The molecule has 1 amide bonds. The number of aromatic nitrogens is 2. The van der Waals surface area contributed by atoms with Crippen LogP contribution in [-0.4, -0.2) is 27.3 Å². The molecule has 144 valence electrons. The van der Waals surface area contributed by atoms with Gasteiger partial charge in [-0.3, -0.25) is 9.78 Å². The van der Waals surface area contributed by atoms with Crippen LogP contribution in [0.25, 0.3) is 11.3 Å². The van der Waals surface area contributed by atoms with E-state index in [4.69, 9.17) is 0 Å². The van der Waals surface area contributed by atoms with Crippen LogP contribution in [0.5, 0.6) is 0 Å². The summed E-state index contributed by atoms with van der Waals surface area (Å²) in [5.74, 6) is 0.250. The largest absolute Gasteiger partial charge is 0.358 e. The molecular weight excluding hydrogens is 346 g/mol. The average Bonchev–Trinajstić information content (AvgIpc) is 3.09. The number of hydrogen-bond acceptors (Lipinski definition) is 2. The Morgan fingerprint density at radius 2 is 1.82 bits per heavy atom. The molecule has 1 unspecified atom stereocenters. The van der Waals surface area contributed by atoms with E-state index >= 15 is 0 Å². The van der Waals surface area contributed by atoms with Crippen LogP contribution in [0, 0.1) is 0 Å². The van der Waals surface area contributed by atoms with Crippen molar-refractivity contribution in [3.05, 3.63) is 78.2 Å². The molecule has 4 nitrogen and oxygen atoms in total. The van der Waals surface area contributed by atoms with Crippen LogP contribution < -0.4 is 0 Å². The Bertz CT molecular complexity index is 888. The third kappa shape index (κ3) is 4.33. The number of H-pyrrole nitrogens is 1. The van der Waals surface area contributed by atoms with Crippen molar-refractivity contribution in [1.29, 1.82) is 0 Å². The Hall–Kier alpha value is -2.88. The van der Waals surface area contributed by atoms with Gasteiger partial charge in [-0.05, 0) is 54.7 Å². The van der Waals surface area contributed by atoms with Gasteiger partial charge in [0.2, 0.25) is 5.91 Å². The molecule has 0 spiro atoms. The Morgan fingerprint density at radius 3 is 2.64 bits per heavy atom. The van der Waals surface area contributed by atoms with E-state index in [2.05, 4.69) is 39.1 Å². The molecule has 0 radical (unpaired) electrons. The van der Waals surface area contributed by atoms with Gasteiger partial charge < -0.3 is 9.88 Å². The predicted molar refractivity (Wildman–Crippen MR) is 112 cm³/mol. The van der Waals surface area contributed by atoms with Crippen molar-refractivity contribution in [3.8, 4) is 11.3 Å². The van der Waals surface area contributed by atoms with E-state index in [0.717, 1.165) is 37.2 Å². The van der Waals surface area contributed by atoms with Crippen molar-refractivity contribution >= 4 is 5.91 Å². The number of benzene rings is 1. The van der Waals surface area contributed by atoms with Crippen LogP contribution in [0.2, 0.25) is 0 Å². The molecule has 0 saturated carbocycles. The van der Waals surface area contributed by atoms with Crippen LogP contribution in [-0.2, 0) is 11.2 Å². The maximum atomic E-state index is 13.1. The Labute approximate surface area is 166 Å². The second-order valence-corrected chi connectivity index (χ2v) is 7.50. The van der Waals surface area contributed by atoms with Crippen molar-refractivity contribution in [2.75, 3.05) is 6.54 Å².